The number of piperidine rings is 1. The topological polar surface area (TPSA) is 49.9 Å². The van der Waals surface area contributed by atoms with Gasteiger partial charge in [-0.15, -0.1) is 0 Å². The summed E-state index contributed by atoms with van der Waals surface area (Å²) in [4.78, 5) is 28.8. The molecular formula is C29H32F6N2O3. The lowest BCUT2D eigenvalue weighted by Gasteiger charge is -2.40. The molecule has 0 unspecified atom stereocenters. The van der Waals surface area contributed by atoms with Gasteiger partial charge < -0.3 is 14.5 Å². The van der Waals surface area contributed by atoms with Crippen LogP contribution in [-0.4, -0.2) is 53.9 Å². The molecule has 0 aromatic heterocycles. The molecule has 2 aromatic carbocycles. The summed E-state index contributed by atoms with van der Waals surface area (Å²) in [6.45, 7) is 3.41. The summed E-state index contributed by atoms with van der Waals surface area (Å²) in [5.41, 5.74) is -2.18. The van der Waals surface area contributed by atoms with E-state index in [4.69, 9.17) is 4.74 Å². The number of carbonyl (C=O) groups excluding carboxylic acids is 2. The average molecular weight is 571 g/mol. The largest absolute Gasteiger partial charge is 0.416 e. The highest BCUT2D eigenvalue weighted by Gasteiger charge is 2.39. The Bertz CT molecular complexity index is 1150. The summed E-state index contributed by atoms with van der Waals surface area (Å²) in [5.74, 6) is -0.576. The van der Waals surface area contributed by atoms with Crippen molar-refractivity contribution in [2.45, 2.75) is 69.5 Å². The zero-order valence-electron chi connectivity index (χ0n) is 22.1. The zero-order valence-corrected chi connectivity index (χ0v) is 22.1. The third-order valence-corrected chi connectivity index (χ3v) is 7.60. The lowest BCUT2D eigenvalue weighted by molar-refractivity contribution is -0.143. The molecule has 0 saturated carbocycles. The minimum Gasteiger partial charge on any atom is -0.370 e. The van der Waals surface area contributed by atoms with Gasteiger partial charge in [-0.05, 0) is 55.5 Å². The van der Waals surface area contributed by atoms with Gasteiger partial charge >= 0.3 is 12.4 Å². The fraction of sp³-hybridized carbons (Fsp3) is 0.517. The minimum absolute atomic E-state index is 0.0446. The number of hydrogen-bond acceptors (Lipinski definition) is 3. The molecule has 4 rings (SSSR count). The highest BCUT2D eigenvalue weighted by atomic mass is 19.4. The van der Waals surface area contributed by atoms with E-state index in [0.29, 0.717) is 38.2 Å². The minimum atomic E-state index is -4.95. The number of ether oxygens (including phenoxy) is 1. The van der Waals surface area contributed by atoms with E-state index in [2.05, 4.69) is 0 Å². The van der Waals surface area contributed by atoms with E-state index in [-0.39, 0.29) is 48.7 Å². The summed E-state index contributed by atoms with van der Waals surface area (Å²) in [7, 11) is 0. The van der Waals surface area contributed by atoms with Crippen molar-refractivity contribution in [3.05, 3.63) is 70.8 Å². The van der Waals surface area contributed by atoms with E-state index in [1.165, 1.54) is 6.92 Å². The van der Waals surface area contributed by atoms with E-state index in [1.807, 2.05) is 30.3 Å². The molecule has 2 aliphatic rings. The Morgan fingerprint density at radius 1 is 0.850 bits per heavy atom. The molecule has 11 heteroatoms. The highest BCUT2D eigenvalue weighted by Crippen LogP contribution is 2.39. The first-order valence-corrected chi connectivity index (χ1v) is 13.4. The summed E-state index contributed by atoms with van der Waals surface area (Å²) in [6, 6.07) is 10.6. The van der Waals surface area contributed by atoms with Crippen molar-refractivity contribution in [3.63, 3.8) is 0 Å². The smallest absolute Gasteiger partial charge is 0.370 e. The number of halogens is 6. The van der Waals surface area contributed by atoms with Gasteiger partial charge in [0.05, 0.1) is 23.3 Å². The number of rotatable bonds is 7. The Morgan fingerprint density at radius 2 is 1.40 bits per heavy atom. The standard InChI is InChI=1S/C29H32F6N2O3/c1-19(21-15-22(28(30,31)32)17-23(16-21)29(33,34)35)40-25-11-14-37(18-24(25)20-7-3-2-4-8-20)27(39)10-9-26(38)36-12-5-6-13-36/h2-4,7-8,15-17,19,24-25H,5-6,9-14,18H2,1H3/t19-,24+,25+/m1/s1. The van der Waals surface area contributed by atoms with Gasteiger partial charge in [0.25, 0.3) is 0 Å². The van der Waals surface area contributed by atoms with E-state index < -0.39 is 35.7 Å². The van der Waals surface area contributed by atoms with Gasteiger partial charge in [-0.1, -0.05) is 30.3 Å². The van der Waals surface area contributed by atoms with Crippen LogP contribution in [-0.2, 0) is 26.7 Å². The fourth-order valence-corrected chi connectivity index (χ4v) is 5.39. The Balaban J connectivity index is 1.50. The number of alkyl halides is 6. The van der Waals surface area contributed by atoms with Crippen LogP contribution in [0.15, 0.2) is 48.5 Å². The van der Waals surface area contributed by atoms with Crippen molar-refractivity contribution in [1.29, 1.82) is 0 Å². The second-order valence-corrected chi connectivity index (χ2v) is 10.4. The second kappa shape index (κ2) is 12.2. The van der Waals surface area contributed by atoms with Crippen LogP contribution in [0.3, 0.4) is 0 Å². The van der Waals surface area contributed by atoms with Gasteiger partial charge in [0.15, 0.2) is 0 Å². The predicted octanol–water partition coefficient (Wildman–Crippen LogP) is 6.59. The Hall–Kier alpha value is -3.08. The monoisotopic (exact) mass is 570 g/mol. The Labute approximate surface area is 229 Å². The lowest BCUT2D eigenvalue weighted by Crippen LogP contribution is -2.46. The van der Waals surface area contributed by atoms with Crippen molar-refractivity contribution in [2.75, 3.05) is 26.2 Å². The molecule has 5 nitrogen and oxygen atoms in total. The van der Waals surface area contributed by atoms with Crippen LogP contribution in [0, 0.1) is 0 Å². The number of amides is 2. The van der Waals surface area contributed by atoms with Crippen LogP contribution < -0.4 is 0 Å². The van der Waals surface area contributed by atoms with Crippen LogP contribution in [0.2, 0.25) is 0 Å². The normalized spacial score (nSPS) is 21.0. The fourth-order valence-electron chi connectivity index (χ4n) is 5.39. The van der Waals surface area contributed by atoms with Crippen LogP contribution in [0.1, 0.15) is 73.3 Å². The second-order valence-electron chi connectivity index (χ2n) is 10.4. The molecule has 0 spiro atoms. The summed E-state index contributed by atoms with van der Waals surface area (Å²) in [6.07, 6.45) is -9.08. The molecule has 2 saturated heterocycles. The van der Waals surface area contributed by atoms with E-state index in [9.17, 15) is 35.9 Å². The number of benzene rings is 2. The number of nitrogens with zero attached hydrogens (tertiary/aromatic N) is 2. The van der Waals surface area contributed by atoms with Gasteiger partial charge in [-0.25, -0.2) is 0 Å². The molecule has 0 aliphatic carbocycles. The van der Waals surface area contributed by atoms with E-state index in [0.717, 1.165) is 18.4 Å². The maximum atomic E-state index is 13.4. The SMILES string of the molecule is C[C@@H](O[C@H]1CCN(C(=O)CCC(=O)N2CCCC2)C[C@H]1c1ccccc1)c1cc(C(F)(F)F)cc(C(F)(F)F)c1. The first-order chi connectivity index (χ1) is 18.8. The maximum absolute atomic E-state index is 13.4. The molecule has 2 aromatic rings. The first-order valence-electron chi connectivity index (χ1n) is 13.4. The molecule has 2 amide bonds. The zero-order chi connectivity index (χ0) is 29.1. The molecule has 40 heavy (non-hydrogen) atoms. The van der Waals surface area contributed by atoms with Crippen molar-refractivity contribution < 1.29 is 40.7 Å². The first kappa shape index (κ1) is 29.9. The Morgan fingerprint density at radius 3 is 1.95 bits per heavy atom. The summed E-state index contributed by atoms with van der Waals surface area (Å²) in [5, 5.41) is 0. The molecule has 2 aliphatic heterocycles. The summed E-state index contributed by atoms with van der Waals surface area (Å²) >= 11 is 0. The van der Waals surface area contributed by atoms with Gasteiger partial charge in [-0.2, -0.15) is 26.3 Å². The van der Waals surface area contributed by atoms with E-state index >= 15 is 0 Å². The van der Waals surface area contributed by atoms with E-state index in [1.54, 1.807) is 9.80 Å². The number of likely N-dealkylation sites (tertiary alicyclic amines) is 2. The third-order valence-electron chi connectivity index (χ3n) is 7.60. The molecule has 0 bridgehead atoms. The molecule has 218 valence electrons. The number of carbonyl (C=O) groups is 2. The van der Waals surface area contributed by atoms with Gasteiger partial charge in [0, 0.05) is 44.9 Å². The quantitative estimate of drug-likeness (QED) is 0.353. The van der Waals surface area contributed by atoms with Crippen molar-refractivity contribution in [1.82, 2.24) is 9.80 Å². The van der Waals surface area contributed by atoms with Gasteiger partial charge in [-0.3, -0.25) is 9.59 Å². The maximum Gasteiger partial charge on any atom is 0.416 e. The number of hydrogen-bond donors (Lipinski definition) is 0. The van der Waals surface area contributed by atoms with Crippen molar-refractivity contribution >= 4 is 11.8 Å². The summed E-state index contributed by atoms with van der Waals surface area (Å²) < 4.78 is 86.5. The highest BCUT2D eigenvalue weighted by molar-refractivity contribution is 5.84. The molecule has 3 atom stereocenters. The molecular weight excluding hydrogens is 538 g/mol. The van der Waals surface area contributed by atoms with Crippen LogP contribution in [0.4, 0.5) is 26.3 Å². The van der Waals surface area contributed by atoms with Crippen LogP contribution in [0.5, 0.6) is 0 Å². The van der Waals surface area contributed by atoms with Gasteiger partial charge in [0.2, 0.25) is 11.8 Å². The van der Waals surface area contributed by atoms with Crippen LogP contribution in [0.25, 0.3) is 0 Å². The third kappa shape index (κ3) is 7.35. The van der Waals surface area contributed by atoms with Gasteiger partial charge in [0.1, 0.15) is 0 Å². The molecule has 0 radical (unpaired) electrons. The van der Waals surface area contributed by atoms with Crippen molar-refractivity contribution in [2.24, 2.45) is 0 Å². The molecule has 2 heterocycles. The lowest BCUT2D eigenvalue weighted by atomic mass is 9.87. The predicted molar refractivity (Wildman–Crippen MR) is 135 cm³/mol. The molecule has 0 N–H and O–H groups in total. The average Bonchev–Trinajstić information content (AvgIpc) is 3.46. The Kier molecular flexibility index (Phi) is 9.12. The molecule has 2 fully saturated rings. The van der Waals surface area contributed by atoms with Crippen molar-refractivity contribution in [3.8, 4) is 0 Å². The van der Waals surface area contributed by atoms with Crippen LogP contribution >= 0.6 is 0 Å².